The van der Waals surface area contributed by atoms with Gasteiger partial charge in [-0.25, -0.2) is 0 Å². The Kier molecular flexibility index (Phi) is 4.98. The van der Waals surface area contributed by atoms with Crippen LogP contribution in [0.5, 0.6) is 0 Å². The second-order valence-electron chi connectivity index (χ2n) is 5.00. The van der Waals surface area contributed by atoms with Crippen molar-refractivity contribution < 1.29 is 4.92 Å². The maximum Gasteiger partial charge on any atom is 0.273 e. The van der Waals surface area contributed by atoms with Gasteiger partial charge < -0.3 is 5.32 Å². The standard InChI is InChI=1S/C15H17ClN2O2S/c1-9-6-14(11(3)21-9)10(2)17-8-12-7-13(16)4-5-15(12)18(19)20/h4-7,10,17H,8H2,1-3H3. The van der Waals surface area contributed by atoms with E-state index in [0.717, 1.165) is 0 Å². The first kappa shape index (κ1) is 15.9. The van der Waals surface area contributed by atoms with Crippen LogP contribution in [0.25, 0.3) is 0 Å². The number of benzene rings is 1. The Bertz CT molecular complexity index is 670. The summed E-state index contributed by atoms with van der Waals surface area (Å²) in [4.78, 5) is 13.2. The minimum atomic E-state index is -0.377. The van der Waals surface area contributed by atoms with Crippen LogP contribution in [0.2, 0.25) is 5.02 Å². The van der Waals surface area contributed by atoms with Gasteiger partial charge in [-0.05, 0) is 44.5 Å². The highest BCUT2D eigenvalue weighted by atomic mass is 35.5. The summed E-state index contributed by atoms with van der Waals surface area (Å²) in [6, 6.07) is 6.92. The van der Waals surface area contributed by atoms with Crippen molar-refractivity contribution in [3.8, 4) is 0 Å². The number of hydrogen-bond donors (Lipinski definition) is 1. The van der Waals surface area contributed by atoms with Crippen LogP contribution < -0.4 is 5.32 Å². The van der Waals surface area contributed by atoms with Crippen molar-refractivity contribution in [3.63, 3.8) is 0 Å². The summed E-state index contributed by atoms with van der Waals surface area (Å²) in [6.45, 7) is 6.64. The molecule has 0 bridgehead atoms. The van der Waals surface area contributed by atoms with Crippen LogP contribution >= 0.6 is 22.9 Å². The third-order valence-corrected chi connectivity index (χ3v) is 4.60. The summed E-state index contributed by atoms with van der Waals surface area (Å²) in [5.41, 5.74) is 1.93. The molecular formula is C15H17ClN2O2S. The lowest BCUT2D eigenvalue weighted by Crippen LogP contribution is -2.19. The summed E-state index contributed by atoms with van der Waals surface area (Å²) in [7, 11) is 0. The van der Waals surface area contributed by atoms with Crippen LogP contribution in [-0.4, -0.2) is 4.92 Å². The molecule has 0 saturated carbocycles. The van der Waals surface area contributed by atoms with E-state index in [4.69, 9.17) is 11.6 Å². The van der Waals surface area contributed by atoms with Crippen molar-refractivity contribution in [2.75, 3.05) is 0 Å². The Balaban J connectivity index is 2.14. The Hall–Kier alpha value is -1.43. The lowest BCUT2D eigenvalue weighted by molar-refractivity contribution is -0.385. The third-order valence-electron chi connectivity index (χ3n) is 3.38. The summed E-state index contributed by atoms with van der Waals surface area (Å²) in [5.74, 6) is 0. The van der Waals surface area contributed by atoms with Crippen LogP contribution in [0.15, 0.2) is 24.3 Å². The molecule has 0 saturated heterocycles. The largest absolute Gasteiger partial charge is 0.306 e. The molecule has 1 aromatic carbocycles. The van der Waals surface area contributed by atoms with E-state index in [1.165, 1.54) is 21.4 Å². The molecule has 0 amide bonds. The van der Waals surface area contributed by atoms with Gasteiger partial charge >= 0.3 is 0 Å². The van der Waals surface area contributed by atoms with E-state index in [2.05, 4.69) is 32.2 Å². The molecule has 0 aliphatic rings. The number of nitro benzene ring substituents is 1. The maximum atomic E-state index is 11.0. The normalized spacial score (nSPS) is 12.4. The molecule has 2 aromatic rings. The van der Waals surface area contributed by atoms with E-state index in [9.17, 15) is 10.1 Å². The van der Waals surface area contributed by atoms with Gasteiger partial charge in [0.05, 0.1) is 4.92 Å². The zero-order valence-electron chi connectivity index (χ0n) is 12.1. The van der Waals surface area contributed by atoms with E-state index in [-0.39, 0.29) is 16.7 Å². The summed E-state index contributed by atoms with van der Waals surface area (Å²) < 4.78 is 0. The molecule has 112 valence electrons. The molecule has 1 unspecified atom stereocenters. The molecule has 21 heavy (non-hydrogen) atoms. The Labute approximate surface area is 132 Å². The molecule has 2 rings (SSSR count). The topological polar surface area (TPSA) is 55.2 Å². The van der Waals surface area contributed by atoms with Crippen molar-refractivity contribution in [3.05, 3.63) is 60.3 Å². The van der Waals surface area contributed by atoms with Crippen molar-refractivity contribution in [2.45, 2.75) is 33.4 Å². The number of halogens is 1. The zero-order chi connectivity index (χ0) is 15.6. The van der Waals surface area contributed by atoms with E-state index in [1.807, 2.05) is 0 Å². The SMILES string of the molecule is Cc1cc(C(C)NCc2cc(Cl)ccc2[N+](=O)[O-])c(C)s1. The highest BCUT2D eigenvalue weighted by Crippen LogP contribution is 2.27. The molecule has 1 N–H and O–H groups in total. The van der Waals surface area contributed by atoms with Crippen molar-refractivity contribution in [1.82, 2.24) is 5.32 Å². The molecule has 0 spiro atoms. The molecule has 1 heterocycles. The first-order valence-electron chi connectivity index (χ1n) is 6.61. The van der Waals surface area contributed by atoms with Gasteiger partial charge in [-0.1, -0.05) is 11.6 Å². The van der Waals surface area contributed by atoms with Gasteiger partial charge in [-0.3, -0.25) is 10.1 Å². The Morgan fingerprint density at radius 1 is 1.38 bits per heavy atom. The molecule has 4 nitrogen and oxygen atoms in total. The first-order valence-corrected chi connectivity index (χ1v) is 7.81. The number of rotatable bonds is 5. The summed E-state index contributed by atoms with van der Waals surface area (Å²) >= 11 is 7.69. The van der Waals surface area contributed by atoms with Gasteiger partial charge in [0.1, 0.15) is 0 Å². The van der Waals surface area contributed by atoms with Gasteiger partial charge in [0, 0.05) is 39.0 Å². The van der Waals surface area contributed by atoms with E-state index >= 15 is 0 Å². The highest BCUT2D eigenvalue weighted by Gasteiger charge is 2.16. The lowest BCUT2D eigenvalue weighted by Gasteiger charge is -2.14. The van der Waals surface area contributed by atoms with Crippen molar-refractivity contribution in [2.24, 2.45) is 0 Å². The van der Waals surface area contributed by atoms with Gasteiger partial charge in [-0.2, -0.15) is 0 Å². The second-order valence-corrected chi connectivity index (χ2v) is 6.90. The molecule has 1 aromatic heterocycles. The fraction of sp³-hybridized carbons (Fsp3) is 0.333. The third kappa shape index (κ3) is 3.81. The fourth-order valence-corrected chi connectivity index (χ4v) is 3.54. The minimum Gasteiger partial charge on any atom is -0.306 e. The maximum absolute atomic E-state index is 11.0. The number of thiophene rings is 1. The lowest BCUT2D eigenvalue weighted by atomic mass is 10.1. The van der Waals surface area contributed by atoms with Crippen LogP contribution in [0.3, 0.4) is 0 Å². The van der Waals surface area contributed by atoms with E-state index < -0.39 is 0 Å². The van der Waals surface area contributed by atoms with Gasteiger partial charge in [0.15, 0.2) is 0 Å². The first-order chi connectivity index (χ1) is 9.88. The van der Waals surface area contributed by atoms with Crippen LogP contribution in [0, 0.1) is 24.0 Å². The number of hydrogen-bond acceptors (Lipinski definition) is 4. The molecule has 6 heteroatoms. The summed E-state index contributed by atoms with van der Waals surface area (Å²) in [5, 5.41) is 14.9. The highest BCUT2D eigenvalue weighted by molar-refractivity contribution is 7.12. The van der Waals surface area contributed by atoms with Gasteiger partial charge in [-0.15, -0.1) is 11.3 Å². The Morgan fingerprint density at radius 3 is 2.67 bits per heavy atom. The average Bonchev–Trinajstić information content (AvgIpc) is 2.74. The molecule has 1 atom stereocenters. The Morgan fingerprint density at radius 2 is 2.10 bits per heavy atom. The molecule has 0 fully saturated rings. The number of nitrogens with one attached hydrogen (secondary N) is 1. The number of nitro groups is 1. The molecular weight excluding hydrogens is 308 g/mol. The van der Waals surface area contributed by atoms with E-state index in [1.54, 1.807) is 23.5 Å². The zero-order valence-corrected chi connectivity index (χ0v) is 13.7. The molecule has 0 aliphatic carbocycles. The minimum absolute atomic E-state index is 0.0947. The second kappa shape index (κ2) is 6.56. The van der Waals surface area contributed by atoms with Gasteiger partial charge in [0.2, 0.25) is 0 Å². The van der Waals surface area contributed by atoms with Crippen molar-refractivity contribution in [1.29, 1.82) is 0 Å². The quantitative estimate of drug-likeness (QED) is 0.636. The van der Waals surface area contributed by atoms with Crippen LogP contribution in [0.4, 0.5) is 5.69 Å². The molecule has 0 radical (unpaired) electrons. The van der Waals surface area contributed by atoms with Crippen LogP contribution in [0.1, 0.15) is 33.8 Å². The predicted octanol–water partition coefficient (Wildman–Crippen LogP) is 4.78. The van der Waals surface area contributed by atoms with E-state index in [0.29, 0.717) is 17.1 Å². The number of nitrogens with zero attached hydrogens (tertiary/aromatic N) is 1. The smallest absolute Gasteiger partial charge is 0.273 e. The number of aryl methyl sites for hydroxylation is 2. The predicted molar refractivity (Wildman–Crippen MR) is 87.2 cm³/mol. The van der Waals surface area contributed by atoms with Crippen molar-refractivity contribution >= 4 is 28.6 Å². The fourth-order valence-electron chi connectivity index (χ4n) is 2.33. The molecule has 0 aliphatic heterocycles. The summed E-state index contributed by atoms with van der Waals surface area (Å²) in [6.07, 6.45) is 0. The van der Waals surface area contributed by atoms with Crippen LogP contribution in [-0.2, 0) is 6.54 Å². The monoisotopic (exact) mass is 324 g/mol. The average molecular weight is 325 g/mol. The van der Waals surface area contributed by atoms with Gasteiger partial charge in [0.25, 0.3) is 5.69 Å².